The molecule has 1 fully saturated rings. The van der Waals surface area contributed by atoms with Crippen molar-refractivity contribution in [2.45, 2.75) is 25.9 Å². The Bertz CT molecular complexity index is 113. The van der Waals surface area contributed by atoms with Gasteiger partial charge in [-0.25, -0.2) is 0 Å². The van der Waals surface area contributed by atoms with Crippen molar-refractivity contribution in [3.8, 4) is 0 Å². The lowest BCUT2D eigenvalue weighted by Crippen LogP contribution is -2.27. The summed E-state index contributed by atoms with van der Waals surface area (Å²) in [5.74, 6) is 1.13. The fourth-order valence-electron chi connectivity index (χ4n) is 1.19. The van der Waals surface area contributed by atoms with E-state index in [2.05, 4.69) is 6.92 Å². The molecule has 1 saturated heterocycles. The van der Waals surface area contributed by atoms with E-state index in [4.69, 9.17) is 21.1 Å². The van der Waals surface area contributed by atoms with Crippen LogP contribution in [0.5, 0.6) is 0 Å². The maximum Gasteiger partial charge on any atom is 0.0809 e. The van der Waals surface area contributed by atoms with E-state index < -0.39 is 0 Å². The lowest BCUT2D eigenvalue weighted by atomic mass is 10.1. The molecule has 3 heteroatoms. The topological polar surface area (TPSA) is 18.5 Å². The molecular formula is C9H17ClO2. The van der Waals surface area contributed by atoms with Gasteiger partial charge in [-0.05, 0) is 18.8 Å². The zero-order valence-electron chi connectivity index (χ0n) is 7.59. The molecule has 1 aliphatic heterocycles. The second kappa shape index (κ2) is 5.79. The molecule has 0 spiro atoms. The van der Waals surface area contributed by atoms with Gasteiger partial charge in [0.05, 0.1) is 19.3 Å². The van der Waals surface area contributed by atoms with Crippen LogP contribution in [0.25, 0.3) is 0 Å². The first-order valence-electron chi connectivity index (χ1n) is 4.58. The van der Waals surface area contributed by atoms with Crippen LogP contribution in [-0.2, 0) is 9.47 Å². The zero-order chi connectivity index (χ0) is 8.81. The Morgan fingerprint density at radius 2 is 2.50 bits per heavy atom. The average Bonchev–Trinajstić information content (AvgIpc) is 2.16. The molecule has 0 N–H and O–H groups in total. The number of alkyl halides is 1. The van der Waals surface area contributed by atoms with Gasteiger partial charge in [0, 0.05) is 12.5 Å². The first-order chi connectivity index (χ1) is 5.83. The molecule has 0 aromatic rings. The summed E-state index contributed by atoms with van der Waals surface area (Å²) >= 11 is 5.66. The van der Waals surface area contributed by atoms with Gasteiger partial charge in [-0.15, -0.1) is 11.6 Å². The maximum absolute atomic E-state index is 5.66. The molecule has 12 heavy (non-hydrogen) atoms. The number of ether oxygens (including phenoxy) is 2. The maximum atomic E-state index is 5.66. The van der Waals surface area contributed by atoms with Crippen molar-refractivity contribution in [1.29, 1.82) is 0 Å². The summed E-state index contributed by atoms with van der Waals surface area (Å²) in [4.78, 5) is 0. The van der Waals surface area contributed by atoms with Gasteiger partial charge < -0.3 is 9.47 Å². The highest BCUT2D eigenvalue weighted by Crippen LogP contribution is 2.11. The Morgan fingerprint density at radius 3 is 3.08 bits per heavy atom. The summed E-state index contributed by atoms with van der Waals surface area (Å²) in [6, 6.07) is 0. The highest BCUT2D eigenvalue weighted by Gasteiger charge is 2.14. The minimum atomic E-state index is 0.310. The van der Waals surface area contributed by atoms with Crippen LogP contribution in [0.3, 0.4) is 0 Å². The molecule has 1 aliphatic rings. The molecule has 1 rings (SSSR count). The second-order valence-electron chi connectivity index (χ2n) is 3.43. The lowest BCUT2D eigenvalue weighted by Gasteiger charge is -2.23. The minimum Gasteiger partial charge on any atom is -0.379 e. The molecule has 72 valence electrons. The van der Waals surface area contributed by atoms with Crippen LogP contribution in [-0.4, -0.2) is 31.8 Å². The Kier molecular flexibility index (Phi) is 4.96. The van der Waals surface area contributed by atoms with Gasteiger partial charge in [0.2, 0.25) is 0 Å². The molecule has 2 nitrogen and oxygen atoms in total. The molecule has 0 saturated carbocycles. The molecule has 0 amide bonds. The predicted molar refractivity (Wildman–Crippen MR) is 49.7 cm³/mol. The van der Waals surface area contributed by atoms with Crippen LogP contribution in [0.15, 0.2) is 0 Å². The highest BCUT2D eigenvalue weighted by atomic mass is 35.5. The first-order valence-corrected chi connectivity index (χ1v) is 5.11. The molecule has 0 aromatic carbocycles. The van der Waals surface area contributed by atoms with Crippen LogP contribution < -0.4 is 0 Å². The van der Waals surface area contributed by atoms with E-state index in [0.717, 1.165) is 32.7 Å². The van der Waals surface area contributed by atoms with Gasteiger partial charge >= 0.3 is 0 Å². The van der Waals surface area contributed by atoms with E-state index in [1.54, 1.807) is 0 Å². The smallest absolute Gasteiger partial charge is 0.0809 e. The SMILES string of the molecule is CC(CCl)COC1CCCOC1. The predicted octanol–water partition coefficient (Wildman–Crippen LogP) is 2.06. The monoisotopic (exact) mass is 192 g/mol. The van der Waals surface area contributed by atoms with Crippen LogP contribution in [0, 0.1) is 5.92 Å². The van der Waals surface area contributed by atoms with Crippen molar-refractivity contribution in [2.75, 3.05) is 25.7 Å². The fourth-order valence-corrected chi connectivity index (χ4v) is 1.28. The number of halogens is 1. The molecule has 2 atom stereocenters. The van der Waals surface area contributed by atoms with Crippen molar-refractivity contribution in [2.24, 2.45) is 5.92 Å². The van der Waals surface area contributed by atoms with Gasteiger partial charge in [0.25, 0.3) is 0 Å². The van der Waals surface area contributed by atoms with E-state index in [1.807, 2.05) is 0 Å². The molecule has 0 bridgehead atoms. The fraction of sp³-hybridized carbons (Fsp3) is 1.00. The molecular weight excluding hydrogens is 176 g/mol. The van der Waals surface area contributed by atoms with Gasteiger partial charge in [0.1, 0.15) is 0 Å². The normalized spacial score (nSPS) is 27.0. The van der Waals surface area contributed by atoms with Crippen molar-refractivity contribution < 1.29 is 9.47 Å². The highest BCUT2D eigenvalue weighted by molar-refractivity contribution is 6.18. The van der Waals surface area contributed by atoms with E-state index >= 15 is 0 Å². The van der Waals surface area contributed by atoms with Crippen LogP contribution in [0.2, 0.25) is 0 Å². The second-order valence-corrected chi connectivity index (χ2v) is 3.74. The molecule has 0 radical (unpaired) electrons. The molecule has 0 aromatic heterocycles. The third-order valence-corrected chi connectivity index (χ3v) is 2.53. The summed E-state index contributed by atoms with van der Waals surface area (Å²) < 4.78 is 10.9. The Hall–Kier alpha value is 0.210. The van der Waals surface area contributed by atoms with Gasteiger partial charge in [-0.1, -0.05) is 6.92 Å². The van der Waals surface area contributed by atoms with Crippen LogP contribution >= 0.6 is 11.6 Å². The molecule has 2 unspecified atom stereocenters. The summed E-state index contributed by atoms with van der Waals surface area (Å²) in [6.07, 6.45) is 2.57. The van der Waals surface area contributed by atoms with E-state index in [9.17, 15) is 0 Å². The summed E-state index contributed by atoms with van der Waals surface area (Å²) in [5.41, 5.74) is 0. The van der Waals surface area contributed by atoms with E-state index in [1.165, 1.54) is 0 Å². The lowest BCUT2D eigenvalue weighted by molar-refractivity contribution is -0.0567. The zero-order valence-corrected chi connectivity index (χ0v) is 8.35. The third kappa shape index (κ3) is 3.74. The first kappa shape index (κ1) is 10.3. The summed E-state index contributed by atoms with van der Waals surface area (Å²) in [6.45, 7) is 4.51. The van der Waals surface area contributed by atoms with Crippen molar-refractivity contribution in [3.05, 3.63) is 0 Å². The van der Waals surface area contributed by atoms with Crippen molar-refractivity contribution in [1.82, 2.24) is 0 Å². The number of hydrogen-bond acceptors (Lipinski definition) is 2. The average molecular weight is 193 g/mol. The van der Waals surface area contributed by atoms with E-state index in [0.29, 0.717) is 17.9 Å². The van der Waals surface area contributed by atoms with Gasteiger partial charge in [-0.3, -0.25) is 0 Å². The molecule has 1 heterocycles. The van der Waals surface area contributed by atoms with Crippen molar-refractivity contribution >= 4 is 11.6 Å². The van der Waals surface area contributed by atoms with E-state index in [-0.39, 0.29) is 0 Å². The minimum absolute atomic E-state index is 0.310. The summed E-state index contributed by atoms with van der Waals surface area (Å²) in [7, 11) is 0. The van der Waals surface area contributed by atoms with Crippen LogP contribution in [0.1, 0.15) is 19.8 Å². The quantitative estimate of drug-likeness (QED) is 0.635. The Balaban J connectivity index is 2.05. The van der Waals surface area contributed by atoms with Crippen molar-refractivity contribution in [3.63, 3.8) is 0 Å². The van der Waals surface area contributed by atoms with Gasteiger partial charge in [-0.2, -0.15) is 0 Å². The van der Waals surface area contributed by atoms with Gasteiger partial charge in [0.15, 0.2) is 0 Å². The number of rotatable bonds is 4. The largest absolute Gasteiger partial charge is 0.379 e. The Morgan fingerprint density at radius 1 is 1.67 bits per heavy atom. The Labute approximate surface area is 79.2 Å². The van der Waals surface area contributed by atoms with Crippen LogP contribution in [0.4, 0.5) is 0 Å². The third-order valence-electron chi connectivity index (χ3n) is 2.00. The molecule has 0 aliphatic carbocycles. The summed E-state index contributed by atoms with van der Waals surface area (Å²) in [5, 5.41) is 0. The number of hydrogen-bond donors (Lipinski definition) is 0. The standard InChI is InChI=1S/C9H17ClO2/c1-8(5-10)6-12-9-3-2-4-11-7-9/h8-9H,2-7H2,1H3.